The van der Waals surface area contributed by atoms with E-state index in [1.165, 1.54) is 71.9 Å². The number of carboxylic acids is 2. The zero-order chi connectivity index (χ0) is 91.1. The van der Waals surface area contributed by atoms with Crippen molar-refractivity contribution in [1.82, 2.24) is 0 Å². The van der Waals surface area contributed by atoms with Gasteiger partial charge < -0.3 is 52.8 Å². The number of rotatable bonds is 20. The second-order valence-corrected chi connectivity index (χ2v) is 35.1. The normalized spacial score (nSPS) is 18.3. The number of nitrogens with zero attached hydrogens (tertiary/aromatic N) is 4. The maximum Gasteiger partial charge on any atom is 0.317 e. The van der Waals surface area contributed by atoms with E-state index in [2.05, 4.69) is 143 Å². The van der Waals surface area contributed by atoms with E-state index in [4.69, 9.17) is 56.7 Å². The highest BCUT2D eigenvalue weighted by atomic mass is 79.9. The first-order valence-corrected chi connectivity index (χ1v) is 43.0. The van der Waals surface area contributed by atoms with E-state index in [9.17, 15) is 65.5 Å². The predicted molar refractivity (Wildman–Crippen MR) is 466 cm³/mol. The van der Waals surface area contributed by atoms with Crippen LogP contribution in [0.15, 0.2) is 192 Å². The van der Waals surface area contributed by atoms with Crippen molar-refractivity contribution in [2.24, 2.45) is 0 Å². The average Bonchev–Trinajstić information content (AvgIpc) is 0.730. The number of aliphatic carboxylic acids is 2. The Morgan fingerprint density at radius 2 is 0.656 bits per heavy atom. The summed E-state index contributed by atoms with van der Waals surface area (Å²) in [5, 5.41) is 37.7. The minimum absolute atomic E-state index is 0.105. The van der Waals surface area contributed by atoms with Crippen LogP contribution < -0.4 is 0 Å². The predicted octanol–water partition coefficient (Wildman–Crippen LogP) is 21.4. The largest absolute Gasteiger partial charge is 0.481 e. The molecule has 6 aliphatic carbocycles. The molecule has 21 nitrogen and oxygen atoms in total. The Labute approximate surface area is 762 Å². The number of benzene rings is 7. The molecule has 6 fully saturated rings. The lowest BCUT2D eigenvalue weighted by atomic mass is 9.60. The molecule has 652 valence electrons. The fraction of sp³-hybridized carbons (Fsp3) is 0.409. The number of carbonyl (C=O) groups excluding carboxylic acids is 4. The lowest BCUT2D eigenvalue weighted by molar-refractivity contribution is -0.277. The second kappa shape index (κ2) is 43.9. The highest BCUT2D eigenvalue weighted by Crippen LogP contribution is 2.58. The minimum Gasteiger partial charge on any atom is -0.481 e. The molecule has 7 aromatic carbocycles. The molecule has 0 saturated heterocycles. The lowest BCUT2D eigenvalue weighted by Gasteiger charge is -2.51. The molecular weight excluding hydrogens is 2060 g/mol. The van der Waals surface area contributed by atoms with Crippen LogP contribution in [-0.2, 0) is 110 Å². The number of hydrogen-bond acceptors (Lipinski definition) is 17. The van der Waals surface area contributed by atoms with Gasteiger partial charge in [0.2, 0.25) is 0 Å². The molecule has 0 unspecified atom stereocenters. The molecule has 0 bridgehead atoms. The first-order valence-electron chi connectivity index (χ1n) is 36.8. The monoisotopic (exact) mass is 2140 g/mol. The Bertz CT molecular complexity index is 4860. The number of nitriles is 2. The smallest absolute Gasteiger partial charge is 0.317 e. The highest BCUT2D eigenvalue weighted by molar-refractivity contribution is 9.11. The van der Waals surface area contributed by atoms with Gasteiger partial charge in [-0.05, 0) is 99.6 Å². The van der Waals surface area contributed by atoms with E-state index in [1.807, 2.05) is 97.1 Å². The van der Waals surface area contributed by atoms with Gasteiger partial charge in [-0.3, -0.25) is 28.8 Å². The first kappa shape index (κ1) is 103. The third kappa shape index (κ3) is 24.5. The molecule has 13 rings (SSSR count). The van der Waals surface area contributed by atoms with Crippen molar-refractivity contribution in [1.29, 1.82) is 10.5 Å². The van der Waals surface area contributed by atoms with Crippen LogP contribution in [0, 0.1) is 35.8 Å². The van der Waals surface area contributed by atoms with E-state index in [0.717, 1.165) is 44.6 Å². The van der Waals surface area contributed by atoms with E-state index < -0.39 is 130 Å². The molecule has 2 N–H and O–H groups in total. The number of ketones is 1. The number of Topliss-reactive ketones (excluding diaryl/α,β-unsaturated/α-hetero) is 1. The third-order valence-electron chi connectivity index (χ3n) is 21.9. The Kier molecular flexibility index (Phi) is 37.1. The van der Waals surface area contributed by atoms with Crippen molar-refractivity contribution >= 4 is 159 Å². The molecule has 0 spiro atoms. The van der Waals surface area contributed by atoms with Crippen LogP contribution in [0.5, 0.6) is 0 Å². The lowest BCUT2D eigenvalue weighted by Crippen LogP contribution is -2.60. The number of halogens is 13. The van der Waals surface area contributed by atoms with Gasteiger partial charge in [-0.2, -0.15) is 10.5 Å². The van der Waals surface area contributed by atoms with Crippen LogP contribution in [0.1, 0.15) is 116 Å². The standard InChI is InChI=1S/C13H14BrNO2.C13H15BrO4.C13H11F2NO2.C12H11BrF2O2.C12H11BrO3.C12H9F2NO2.C8H6BrN.C5H10Br2O2/c1-16-13(17-2)7-12(8-13,9-15)10-3-5-11(14)6-4-10;1-17-13(18-2)7-12(8-13,11(15)16)9-3-5-10(14)6-4-9;1-16-10-5-3-9(4-6-10)12(11(17)18-2)7-13(14,15)8-12;1-17-10(16)11(6-12(14,15)7-11)8-2-4-9(13)5-3-8;1-16-11(15)12(6-10(14)7-12)8-2-4-9(13)5-3-8;1-15-9-4-2-8(3-5-9)11(10(16)17)6-12(13,14)7-11;9-8-3-1-7(2-4-8)5-6-10;1-8-5(3-6,4-7)9-2/h3-6H,7-8H2,1-2H3;3-6H,7-8H2,1-2H3,(H,15,16);3-6H,7-8H2,2H3;2-5H,6-7H2,1H3;2-5H,6-7H2,1H3;2-5H,6-7H2,(H,16,17);1-4H,5H2;3-4H2,1-2H3. The van der Waals surface area contributed by atoms with Crippen molar-refractivity contribution in [2.75, 3.05) is 74.6 Å². The van der Waals surface area contributed by atoms with Crippen molar-refractivity contribution in [3.05, 3.63) is 254 Å². The van der Waals surface area contributed by atoms with Gasteiger partial charge in [-0.15, -0.1) is 0 Å². The van der Waals surface area contributed by atoms with Gasteiger partial charge in [0, 0.05) is 142 Å². The summed E-state index contributed by atoms with van der Waals surface area (Å²) in [7, 11) is 13.3. The van der Waals surface area contributed by atoms with Crippen molar-refractivity contribution in [2.45, 2.75) is 151 Å². The molecule has 34 heteroatoms. The van der Waals surface area contributed by atoms with E-state index in [-0.39, 0.29) is 24.6 Å². The Balaban J connectivity index is 0.000000218. The van der Waals surface area contributed by atoms with Crippen molar-refractivity contribution in [3.8, 4) is 12.1 Å². The number of carbonyl (C=O) groups is 6. The molecule has 122 heavy (non-hydrogen) atoms. The van der Waals surface area contributed by atoms with Crippen LogP contribution in [0.25, 0.3) is 9.69 Å². The summed E-state index contributed by atoms with van der Waals surface area (Å²) >= 11 is 23.2. The van der Waals surface area contributed by atoms with Gasteiger partial charge in [-0.1, -0.05) is 221 Å². The SMILES string of the molecule is COC(=O)C1(c2ccc(Br)cc2)CC(=O)C1.COC(=O)C1(c2ccc(Br)cc2)CC(F)(F)C1.COC(CBr)(CBr)OC.COC1(OC)CC(C#N)(c2ccc(Br)cc2)C1.COC1(OC)CC(C(=O)O)(c2ccc(Br)cc2)C1.N#CCc1ccc(Br)cc1.[C-]#[N+]c1ccc(C2(C(=O)O)CC(F)(F)C2)cc1.[C-]#[N+]c1ccc(C2(C(=O)OC)CC(F)(F)C2)cc1. The van der Waals surface area contributed by atoms with Gasteiger partial charge in [0.05, 0.1) is 69.1 Å². The minimum atomic E-state index is -2.91. The highest BCUT2D eigenvalue weighted by Gasteiger charge is 2.66. The summed E-state index contributed by atoms with van der Waals surface area (Å²) in [4.78, 5) is 75.5. The fourth-order valence-corrected chi connectivity index (χ4v) is 17.9. The summed E-state index contributed by atoms with van der Waals surface area (Å²) in [6.07, 6.45) is -0.587. The number of ether oxygens (including phenoxy) is 9. The van der Waals surface area contributed by atoms with E-state index in [0.29, 0.717) is 70.8 Å². The summed E-state index contributed by atoms with van der Waals surface area (Å²) in [6.45, 7) is 13.6. The summed E-state index contributed by atoms with van der Waals surface area (Å²) < 4.78 is 128. The molecule has 0 aromatic heterocycles. The summed E-state index contributed by atoms with van der Waals surface area (Å²) in [5.74, 6) is -13.9. The molecule has 6 saturated carbocycles. The summed E-state index contributed by atoms with van der Waals surface area (Å²) in [5.41, 5.74) is -0.197. The number of hydrogen-bond donors (Lipinski definition) is 2. The zero-order valence-electron chi connectivity index (χ0n) is 67.5. The quantitative estimate of drug-likeness (QED) is 0.0179. The first-order chi connectivity index (χ1) is 57.4. The van der Waals surface area contributed by atoms with E-state index >= 15 is 0 Å². The molecule has 0 amide bonds. The number of alkyl halides is 8. The van der Waals surface area contributed by atoms with Gasteiger partial charge in [0.1, 0.15) is 32.9 Å². The average molecular weight is 2150 g/mol. The third-order valence-corrected chi connectivity index (χ3v) is 26.3. The Morgan fingerprint density at radius 1 is 0.402 bits per heavy atom. The topological polar surface area (TPSA) is 282 Å². The molecule has 0 radical (unpaired) electrons. The molecule has 0 heterocycles. The molecule has 6 aliphatic rings. The van der Waals surface area contributed by atoms with Crippen LogP contribution in [0.4, 0.5) is 37.7 Å². The molecule has 0 aliphatic heterocycles. The van der Waals surface area contributed by atoms with Crippen LogP contribution in [0.2, 0.25) is 0 Å². The Hall–Kier alpha value is -7.78. The van der Waals surface area contributed by atoms with Gasteiger partial charge in [-0.25, -0.2) is 36.0 Å². The van der Waals surface area contributed by atoms with Crippen LogP contribution in [-0.4, -0.2) is 156 Å². The molecule has 0 atom stereocenters. The summed E-state index contributed by atoms with van der Waals surface area (Å²) in [6, 6.07) is 53.6. The Morgan fingerprint density at radius 3 is 0.893 bits per heavy atom. The molecular formula is C88H87Br7F6N4O17. The number of esters is 3. The van der Waals surface area contributed by atoms with Crippen LogP contribution >= 0.6 is 112 Å². The zero-order valence-corrected chi connectivity index (χ0v) is 78.6. The maximum absolute atomic E-state index is 13.1. The molecule has 7 aromatic rings. The second-order valence-electron chi connectivity index (χ2n) is 29.4. The fourth-order valence-electron chi connectivity index (χ4n) is 14.7. The van der Waals surface area contributed by atoms with Crippen LogP contribution in [0.3, 0.4) is 0 Å². The number of methoxy groups -OCH3 is 9. The number of carboxylic acid groups (broad SMARTS) is 2. The van der Waals surface area contributed by atoms with Gasteiger partial charge >= 0.3 is 29.8 Å². The van der Waals surface area contributed by atoms with E-state index in [1.54, 1.807) is 64.8 Å². The van der Waals surface area contributed by atoms with Gasteiger partial charge in [0.15, 0.2) is 28.7 Å². The van der Waals surface area contributed by atoms with Gasteiger partial charge in [0.25, 0.3) is 17.8 Å². The van der Waals surface area contributed by atoms with Crippen molar-refractivity contribution < 1.29 is 108 Å². The maximum atomic E-state index is 13.1. The van der Waals surface area contributed by atoms with Crippen molar-refractivity contribution in [3.63, 3.8) is 0 Å².